The van der Waals surface area contributed by atoms with Gasteiger partial charge in [0, 0.05) is 21.3 Å². The van der Waals surface area contributed by atoms with Crippen molar-refractivity contribution in [2.45, 2.75) is 6.42 Å². The van der Waals surface area contributed by atoms with Crippen molar-refractivity contribution in [3.05, 3.63) is 33.1 Å². The summed E-state index contributed by atoms with van der Waals surface area (Å²) in [4.78, 5) is 5.73. The molecule has 0 spiro atoms. The molecule has 84 valence electrons. The van der Waals surface area contributed by atoms with Crippen molar-refractivity contribution in [1.82, 2.24) is 4.98 Å². The quantitative estimate of drug-likeness (QED) is 0.704. The Morgan fingerprint density at radius 2 is 2.25 bits per heavy atom. The summed E-state index contributed by atoms with van der Waals surface area (Å²) in [7, 11) is 0. The fourth-order valence-electron chi connectivity index (χ4n) is 1.73. The number of thiazole rings is 1. The lowest BCUT2D eigenvalue weighted by Gasteiger charge is -2.06. The van der Waals surface area contributed by atoms with Gasteiger partial charge in [-0.3, -0.25) is 0 Å². The second-order valence-electron chi connectivity index (χ2n) is 3.36. The predicted molar refractivity (Wildman–Crippen MR) is 74.8 cm³/mol. The molecule has 3 rings (SSSR count). The van der Waals surface area contributed by atoms with Crippen LogP contribution < -0.4 is 4.74 Å². The molecule has 1 aliphatic rings. The maximum atomic E-state index is 5.71. The molecule has 0 fully saturated rings. The maximum absolute atomic E-state index is 5.71. The Balaban J connectivity index is 0.000000963. The van der Waals surface area contributed by atoms with Crippen LogP contribution in [0.4, 0.5) is 0 Å². The largest absolute Gasteiger partial charge is 0.492 e. The molecule has 2 heterocycles. The molecule has 1 aromatic heterocycles. The SMILES string of the molecule is Br.Brc1ccc2c(c1)OCCc1scnc1-2. The van der Waals surface area contributed by atoms with Crippen molar-refractivity contribution >= 4 is 44.2 Å². The van der Waals surface area contributed by atoms with Crippen molar-refractivity contribution in [2.75, 3.05) is 6.61 Å². The van der Waals surface area contributed by atoms with Crippen molar-refractivity contribution in [2.24, 2.45) is 0 Å². The lowest BCUT2D eigenvalue weighted by molar-refractivity contribution is 0.327. The zero-order valence-electron chi connectivity index (χ0n) is 8.27. The maximum Gasteiger partial charge on any atom is 0.129 e. The number of ether oxygens (including phenoxy) is 1. The molecular formula is C11H9Br2NOS. The second kappa shape index (κ2) is 4.85. The lowest BCUT2D eigenvalue weighted by atomic mass is 10.1. The van der Waals surface area contributed by atoms with E-state index < -0.39 is 0 Å². The van der Waals surface area contributed by atoms with Crippen LogP contribution in [-0.2, 0) is 6.42 Å². The Bertz CT molecular complexity index is 512. The average molecular weight is 363 g/mol. The number of halogens is 2. The van der Waals surface area contributed by atoms with E-state index >= 15 is 0 Å². The van der Waals surface area contributed by atoms with E-state index in [0.29, 0.717) is 0 Å². The molecule has 2 nitrogen and oxygen atoms in total. The molecule has 2 aromatic rings. The van der Waals surface area contributed by atoms with Gasteiger partial charge in [-0.1, -0.05) is 15.9 Å². The van der Waals surface area contributed by atoms with Crippen molar-refractivity contribution in [3.63, 3.8) is 0 Å². The van der Waals surface area contributed by atoms with Crippen LogP contribution in [0.25, 0.3) is 11.3 Å². The van der Waals surface area contributed by atoms with Crippen molar-refractivity contribution < 1.29 is 4.74 Å². The predicted octanol–water partition coefficient (Wildman–Crippen LogP) is 4.09. The highest BCUT2D eigenvalue weighted by Crippen LogP contribution is 2.37. The van der Waals surface area contributed by atoms with Gasteiger partial charge in [0.05, 0.1) is 17.8 Å². The van der Waals surface area contributed by atoms with Crippen molar-refractivity contribution in [1.29, 1.82) is 0 Å². The summed E-state index contributed by atoms with van der Waals surface area (Å²) in [5, 5.41) is 0. The molecule has 5 heteroatoms. The van der Waals surface area contributed by atoms with Gasteiger partial charge < -0.3 is 4.74 Å². The van der Waals surface area contributed by atoms with Crippen LogP contribution in [0.3, 0.4) is 0 Å². The zero-order valence-corrected chi connectivity index (χ0v) is 12.4. The molecule has 0 saturated carbocycles. The van der Waals surface area contributed by atoms with Gasteiger partial charge in [-0.2, -0.15) is 0 Å². The minimum atomic E-state index is 0. The highest BCUT2D eigenvalue weighted by molar-refractivity contribution is 9.10. The van der Waals surface area contributed by atoms with Crippen LogP contribution in [0.1, 0.15) is 4.88 Å². The van der Waals surface area contributed by atoms with E-state index in [-0.39, 0.29) is 17.0 Å². The number of hydrogen-bond acceptors (Lipinski definition) is 3. The minimum absolute atomic E-state index is 0. The molecule has 16 heavy (non-hydrogen) atoms. The summed E-state index contributed by atoms with van der Waals surface area (Å²) in [5.74, 6) is 0.925. The molecule has 0 unspecified atom stereocenters. The summed E-state index contributed by atoms with van der Waals surface area (Å²) in [6, 6.07) is 6.09. The van der Waals surface area contributed by atoms with Crippen LogP contribution in [0.15, 0.2) is 28.2 Å². The van der Waals surface area contributed by atoms with Crippen LogP contribution >= 0.6 is 44.2 Å². The Morgan fingerprint density at radius 1 is 1.38 bits per heavy atom. The first-order chi connectivity index (χ1) is 7.34. The van der Waals surface area contributed by atoms with E-state index in [2.05, 4.69) is 27.0 Å². The summed E-state index contributed by atoms with van der Waals surface area (Å²) < 4.78 is 6.75. The third kappa shape index (κ3) is 2.04. The van der Waals surface area contributed by atoms with Crippen LogP contribution in [-0.4, -0.2) is 11.6 Å². The number of rotatable bonds is 0. The highest BCUT2D eigenvalue weighted by atomic mass is 79.9. The second-order valence-corrected chi connectivity index (χ2v) is 5.22. The summed E-state index contributed by atoms with van der Waals surface area (Å²) in [6.07, 6.45) is 0.951. The third-order valence-corrected chi connectivity index (χ3v) is 3.81. The first-order valence-electron chi connectivity index (χ1n) is 4.70. The molecule has 0 radical (unpaired) electrons. The molecule has 0 bridgehead atoms. The Kier molecular flexibility index (Phi) is 3.66. The smallest absolute Gasteiger partial charge is 0.129 e. The van der Waals surface area contributed by atoms with E-state index in [9.17, 15) is 0 Å². The lowest BCUT2D eigenvalue weighted by Crippen LogP contribution is -1.97. The highest BCUT2D eigenvalue weighted by Gasteiger charge is 2.17. The molecule has 0 amide bonds. The topological polar surface area (TPSA) is 22.1 Å². The summed E-state index contributed by atoms with van der Waals surface area (Å²) in [6.45, 7) is 0.735. The first kappa shape index (κ1) is 12.1. The van der Waals surface area contributed by atoms with E-state index in [4.69, 9.17) is 4.74 Å². The van der Waals surface area contributed by atoms with Gasteiger partial charge in [-0.25, -0.2) is 4.98 Å². The minimum Gasteiger partial charge on any atom is -0.492 e. The molecule has 1 aliphatic heterocycles. The Hall–Kier alpha value is -0.390. The summed E-state index contributed by atoms with van der Waals surface area (Å²) in [5.41, 5.74) is 4.09. The fourth-order valence-corrected chi connectivity index (χ4v) is 2.83. The van der Waals surface area contributed by atoms with Crippen LogP contribution in [0.5, 0.6) is 5.75 Å². The van der Waals surface area contributed by atoms with Gasteiger partial charge in [0.2, 0.25) is 0 Å². The number of aromatic nitrogens is 1. The average Bonchev–Trinajstić information content (AvgIpc) is 2.61. The number of benzene rings is 1. The Labute approximate surface area is 117 Å². The molecule has 0 atom stereocenters. The van der Waals surface area contributed by atoms with Gasteiger partial charge in [0.15, 0.2) is 0 Å². The fraction of sp³-hybridized carbons (Fsp3) is 0.182. The van der Waals surface area contributed by atoms with Crippen molar-refractivity contribution in [3.8, 4) is 17.0 Å². The van der Waals surface area contributed by atoms with Gasteiger partial charge in [-0.05, 0) is 18.2 Å². The van der Waals surface area contributed by atoms with Crippen LogP contribution in [0, 0.1) is 0 Å². The molecule has 0 saturated heterocycles. The number of hydrogen-bond donors (Lipinski definition) is 0. The van der Waals surface area contributed by atoms with Gasteiger partial charge >= 0.3 is 0 Å². The van der Waals surface area contributed by atoms with Crippen LogP contribution in [0.2, 0.25) is 0 Å². The standard InChI is InChI=1S/C11H8BrNOS.BrH/c12-7-1-2-8-9(5-7)14-4-3-10-11(8)13-6-15-10;/h1-2,5-6H,3-4H2;1H. The van der Waals surface area contributed by atoms with E-state index in [0.717, 1.165) is 34.5 Å². The van der Waals surface area contributed by atoms with E-state index in [1.54, 1.807) is 11.3 Å². The zero-order chi connectivity index (χ0) is 10.3. The monoisotopic (exact) mass is 361 g/mol. The van der Waals surface area contributed by atoms with Gasteiger partial charge in [0.25, 0.3) is 0 Å². The van der Waals surface area contributed by atoms with E-state index in [1.165, 1.54) is 4.88 Å². The van der Waals surface area contributed by atoms with Gasteiger partial charge in [0.1, 0.15) is 5.75 Å². The Morgan fingerprint density at radius 3 is 3.12 bits per heavy atom. The normalized spacial score (nSPS) is 12.8. The van der Waals surface area contributed by atoms with Gasteiger partial charge in [-0.15, -0.1) is 28.3 Å². The summed E-state index contributed by atoms with van der Waals surface area (Å²) >= 11 is 5.15. The van der Waals surface area contributed by atoms with E-state index in [1.807, 2.05) is 17.6 Å². The molecule has 0 aliphatic carbocycles. The first-order valence-corrected chi connectivity index (χ1v) is 6.37. The molecular weight excluding hydrogens is 354 g/mol. The number of nitrogens with zero attached hydrogens (tertiary/aromatic N) is 1. The molecule has 0 N–H and O–H groups in total. The number of fused-ring (bicyclic) bond motifs is 3. The third-order valence-electron chi connectivity index (χ3n) is 2.43. The molecule has 1 aromatic carbocycles.